The van der Waals surface area contributed by atoms with Gasteiger partial charge in [-0.3, -0.25) is 14.7 Å². The van der Waals surface area contributed by atoms with Crippen molar-refractivity contribution in [3.8, 4) is 0 Å². The van der Waals surface area contributed by atoms with Crippen molar-refractivity contribution >= 4 is 18.5 Å². The number of pyridine rings is 1. The van der Waals surface area contributed by atoms with Crippen LogP contribution < -0.4 is 0 Å². The number of thiol groups is 1. The zero-order valence-electron chi connectivity index (χ0n) is 9.75. The highest BCUT2D eigenvalue weighted by Crippen LogP contribution is 2.07. The molecule has 1 amide bonds. The molecule has 1 aliphatic heterocycles. The fraction of sp³-hybridized carbons (Fsp3) is 0.500. The van der Waals surface area contributed by atoms with Crippen LogP contribution in [0.25, 0.3) is 0 Å². The van der Waals surface area contributed by atoms with Crippen molar-refractivity contribution in [2.24, 2.45) is 0 Å². The van der Waals surface area contributed by atoms with Crippen LogP contribution in [0.4, 0.5) is 0 Å². The van der Waals surface area contributed by atoms with Gasteiger partial charge in [-0.05, 0) is 12.1 Å². The van der Waals surface area contributed by atoms with E-state index in [1.165, 1.54) is 0 Å². The second-order valence-electron chi connectivity index (χ2n) is 4.10. The van der Waals surface area contributed by atoms with Crippen LogP contribution in [0.3, 0.4) is 0 Å². The number of amides is 1. The first-order valence-corrected chi connectivity index (χ1v) is 6.47. The van der Waals surface area contributed by atoms with Gasteiger partial charge >= 0.3 is 0 Å². The first kappa shape index (κ1) is 12.4. The Morgan fingerprint density at radius 2 is 2.12 bits per heavy atom. The quantitative estimate of drug-likeness (QED) is 0.806. The van der Waals surface area contributed by atoms with Crippen molar-refractivity contribution in [3.63, 3.8) is 0 Å². The number of aromatic nitrogens is 1. The van der Waals surface area contributed by atoms with E-state index in [0.717, 1.165) is 38.5 Å². The van der Waals surface area contributed by atoms with Crippen LogP contribution in [0.15, 0.2) is 24.5 Å². The molecule has 0 unspecified atom stereocenters. The molecule has 2 rings (SSSR count). The predicted molar refractivity (Wildman–Crippen MR) is 70.4 cm³/mol. The zero-order chi connectivity index (χ0) is 12.1. The molecule has 4 nitrogen and oxygen atoms in total. The largest absolute Gasteiger partial charge is 0.336 e. The van der Waals surface area contributed by atoms with Crippen LogP contribution in [0.2, 0.25) is 0 Å². The third-order valence-corrected chi connectivity index (χ3v) is 3.18. The molecule has 0 spiro atoms. The number of carbonyl (C=O) groups is 1. The lowest BCUT2D eigenvalue weighted by atomic mass is 10.2. The molecule has 0 saturated carbocycles. The fourth-order valence-electron chi connectivity index (χ4n) is 1.99. The fourth-order valence-corrected chi connectivity index (χ4v) is 2.27. The monoisotopic (exact) mass is 251 g/mol. The van der Waals surface area contributed by atoms with Gasteiger partial charge in [0.15, 0.2) is 0 Å². The van der Waals surface area contributed by atoms with Crippen LogP contribution in [0.5, 0.6) is 0 Å². The maximum absolute atomic E-state index is 12.1. The van der Waals surface area contributed by atoms with Crippen LogP contribution in [0, 0.1) is 0 Å². The summed E-state index contributed by atoms with van der Waals surface area (Å²) in [6.45, 7) is 4.46. The molecule has 0 N–H and O–H groups in total. The Kier molecular flexibility index (Phi) is 4.39. The minimum Gasteiger partial charge on any atom is -0.336 e. The second-order valence-corrected chi connectivity index (χ2v) is 4.55. The maximum Gasteiger partial charge on any atom is 0.255 e. The van der Waals surface area contributed by atoms with Crippen molar-refractivity contribution in [1.29, 1.82) is 0 Å². The van der Waals surface area contributed by atoms with E-state index in [9.17, 15) is 4.79 Å². The van der Waals surface area contributed by atoms with Gasteiger partial charge in [-0.1, -0.05) is 0 Å². The molecule has 1 aromatic heterocycles. The summed E-state index contributed by atoms with van der Waals surface area (Å²) in [6.07, 6.45) is 3.31. The molecular weight excluding hydrogens is 234 g/mol. The summed E-state index contributed by atoms with van der Waals surface area (Å²) in [5.41, 5.74) is 0.676. The van der Waals surface area contributed by atoms with E-state index in [4.69, 9.17) is 0 Å². The second kappa shape index (κ2) is 6.02. The summed E-state index contributed by atoms with van der Waals surface area (Å²) >= 11 is 4.22. The number of carbonyl (C=O) groups excluding carboxylic acids is 1. The molecule has 0 atom stereocenters. The lowest BCUT2D eigenvalue weighted by Gasteiger charge is -2.34. The van der Waals surface area contributed by atoms with Gasteiger partial charge in [-0.25, -0.2) is 0 Å². The Hall–Kier alpha value is -1.07. The molecule has 0 aliphatic carbocycles. The number of piperazine rings is 1. The van der Waals surface area contributed by atoms with Crippen molar-refractivity contribution in [1.82, 2.24) is 14.8 Å². The number of hydrogen-bond acceptors (Lipinski definition) is 4. The summed E-state index contributed by atoms with van der Waals surface area (Å²) < 4.78 is 0. The zero-order valence-corrected chi connectivity index (χ0v) is 10.6. The molecule has 1 saturated heterocycles. The molecular formula is C12H17N3OS. The third kappa shape index (κ3) is 3.20. The first-order chi connectivity index (χ1) is 8.31. The van der Waals surface area contributed by atoms with Gasteiger partial charge < -0.3 is 4.90 Å². The normalized spacial score (nSPS) is 17.1. The van der Waals surface area contributed by atoms with E-state index in [1.807, 2.05) is 11.0 Å². The molecule has 0 radical (unpaired) electrons. The minimum atomic E-state index is 0.0867. The van der Waals surface area contributed by atoms with Gasteiger partial charge in [-0.15, -0.1) is 0 Å². The van der Waals surface area contributed by atoms with Crippen molar-refractivity contribution in [2.45, 2.75) is 0 Å². The lowest BCUT2D eigenvalue weighted by Crippen LogP contribution is -2.49. The highest BCUT2D eigenvalue weighted by Gasteiger charge is 2.21. The minimum absolute atomic E-state index is 0.0867. The van der Waals surface area contributed by atoms with Gasteiger partial charge in [0.2, 0.25) is 0 Å². The average molecular weight is 251 g/mol. The number of nitrogens with zero attached hydrogens (tertiary/aromatic N) is 3. The van der Waals surface area contributed by atoms with Crippen molar-refractivity contribution in [2.75, 3.05) is 38.5 Å². The third-order valence-electron chi connectivity index (χ3n) is 2.98. The summed E-state index contributed by atoms with van der Waals surface area (Å²) in [7, 11) is 0. The summed E-state index contributed by atoms with van der Waals surface area (Å²) in [6, 6.07) is 3.61. The van der Waals surface area contributed by atoms with Crippen molar-refractivity contribution in [3.05, 3.63) is 30.1 Å². The van der Waals surface area contributed by atoms with E-state index < -0.39 is 0 Å². The molecule has 1 fully saturated rings. The number of hydrogen-bond donors (Lipinski definition) is 1. The van der Waals surface area contributed by atoms with Gasteiger partial charge in [-0.2, -0.15) is 12.6 Å². The highest BCUT2D eigenvalue weighted by atomic mass is 32.1. The van der Waals surface area contributed by atoms with Gasteiger partial charge in [0.1, 0.15) is 0 Å². The maximum atomic E-state index is 12.1. The average Bonchev–Trinajstić information content (AvgIpc) is 2.40. The summed E-state index contributed by atoms with van der Waals surface area (Å²) in [5, 5.41) is 0. The molecule has 1 aliphatic rings. The molecule has 1 aromatic rings. The number of rotatable bonds is 3. The summed E-state index contributed by atoms with van der Waals surface area (Å²) in [4.78, 5) is 20.3. The summed E-state index contributed by atoms with van der Waals surface area (Å²) in [5.74, 6) is 0.958. The highest BCUT2D eigenvalue weighted by molar-refractivity contribution is 7.80. The SMILES string of the molecule is O=C(c1cccnc1)N1CCN(CCS)CC1. The Balaban J connectivity index is 1.91. The Labute approximate surface area is 107 Å². The molecule has 2 heterocycles. The van der Waals surface area contributed by atoms with Crippen LogP contribution in [-0.4, -0.2) is 59.2 Å². The van der Waals surface area contributed by atoms with E-state index in [1.54, 1.807) is 18.5 Å². The standard InChI is InChI=1S/C12H17N3OS/c16-12(11-2-1-3-13-10-11)15-6-4-14(5-7-15)8-9-17/h1-3,10,17H,4-9H2. The van der Waals surface area contributed by atoms with Gasteiger partial charge in [0, 0.05) is 50.9 Å². The molecule has 92 valence electrons. The van der Waals surface area contributed by atoms with E-state index in [0.29, 0.717) is 5.56 Å². The van der Waals surface area contributed by atoms with Gasteiger partial charge in [0.25, 0.3) is 5.91 Å². The molecule has 0 aromatic carbocycles. The smallest absolute Gasteiger partial charge is 0.255 e. The van der Waals surface area contributed by atoms with E-state index in [2.05, 4.69) is 22.5 Å². The van der Waals surface area contributed by atoms with E-state index in [-0.39, 0.29) is 5.91 Å². The Bertz CT molecular complexity index is 363. The Morgan fingerprint density at radius 3 is 2.71 bits per heavy atom. The Morgan fingerprint density at radius 1 is 1.35 bits per heavy atom. The molecule has 5 heteroatoms. The lowest BCUT2D eigenvalue weighted by molar-refractivity contribution is 0.0644. The topological polar surface area (TPSA) is 36.4 Å². The van der Waals surface area contributed by atoms with Crippen LogP contribution in [0.1, 0.15) is 10.4 Å². The predicted octanol–water partition coefficient (Wildman–Crippen LogP) is 0.769. The van der Waals surface area contributed by atoms with Gasteiger partial charge in [0.05, 0.1) is 5.56 Å². The molecule has 17 heavy (non-hydrogen) atoms. The van der Waals surface area contributed by atoms with Crippen molar-refractivity contribution < 1.29 is 4.79 Å². The molecule has 0 bridgehead atoms. The van der Waals surface area contributed by atoms with Crippen LogP contribution >= 0.6 is 12.6 Å². The van der Waals surface area contributed by atoms with Crippen LogP contribution in [-0.2, 0) is 0 Å². The van der Waals surface area contributed by atoms with E-state index >= 15 is 0 Å². The first-order valence-electron chi connectivity index (χ1n) is 5.84.